The first kappa shape index (κ1) is 54.4. The van der Waals surface area contributed by atoms with E-state index in [0.29, 0.717) is 19.3 Å². The number of hydrogen-bond acceptors (Lipinski definition) is 6. The highest BCUT2D eigenvalue weighted by atomic mass is 16.6. The van der Waals surface area contributed by atoms with Crippen LogP contribution < -0.4 is 0 Å². The lowest BCUT2D eigenvalue weighted by Gasteiger charge is -2.18. The first-order valence-corrected chi connectivity index (χ1v) is 24.9. The first-order valence-electron chi connectivity index (χ1n) is 24.9. The lowest BCUT2D eigenvalue weighted by Crippen LogP contribution is -2.30. The van der Waals surface area contributed by atoms with Gasteiger partial charge in [0.15, 0.2) is 6.10 Å². The molecule has 2 atom stereocenters. The van der Waals surface area contributed by atoms with Crippen LogP contribution in [0.3, 0.4) is 0 Å². The van der Waals surface area contributed by atoms with Gasteiger partial charge in [-0.15, -0.1) is 0 Å². The van der Waals surface area contributed by atoms with Gasteiger partial charge in [0.25, 0.3) is 0 Å². The van der Waals surface area contributed by atoms with Crippen LogP contribution in [0.5, 0.6) is 0 Å². The summed E-state index contributed by atoms with van der Waals surface area (Å²) in [5.41, 5.74) is 0. The molecule has 0 aliphatic heterocycles. The normalized spacial score (nSPS) is 12.4. The minimum atomic E-state index is -0.760. The number of ether oxygens (including phenoxy) is 3. The molecule has 332 valence electrons. The summed E-state index contributed by atoms with van der Waals surface area (Å²) in [5.74, 6) is -0.0385. The summed E-state index contributed by atoms with van der Waals surface area (Å²) in [7, 11) is 0. The Hall–Kier alpha value is -1.59. The summed E-state index contributed by atoms with van der Waals surface area (Å²) in [5, 5.41) is 0. The molecule has 0 aromatic carbocycles. The zero-order chi connectivity index (χ0) is 41.0. The molecular weight excluding hydrogens is 697 g/mol. The summed E-state index contributed by atoms with van der Waals surface area (Å²) in [6, 6.07) is 0. The van der Waals surface area contributed by atoms with Gasteiger partial charge in [-0.2, -0.15) is 0 Å². The van der Waals surface area contributed by atoms with Crippen LogP contribution in [0.2, 0.25) is 0 Å². The molecule has 0 aliphatic rings. The topological polar surface area (TPSA) is 78.9 Å². The monoisotopic (exact) mass is 793 g/mol. The van der Waals surface area contributed by atoms with Gasteiger partial charge < -0.3 is 14.2 Å². The predicted octanol–water partition coefficient (Wildman–Crippen LogP) is 15.9. The van der Waals surface area contributed by atoms with E-state index in [-0.39, 0.29) is 31.1 Å². The molecule has 0 saturated carbocycles. The van der Waals surface area contributed by atoms with Gasteiger partial charge >= 0.3 is 17.9 Å². The molecule has 0 saturated heterocycles. The molecule has 0 spiro atoms. The van der Waals surface area contributed by atoms with Crippen molar-refractivity contribution in [3.8, 4) is 0 Å². The van der Waals surface area contributed by atoms with E-state index in [1.807, 2.05) is 0 Å². The first-order chi connectivity index (χ1) is 27.4. The summed E-state index contributed by atoms with van der Waals surface area (Å²) in [4.78, 5) is 37.8. The second-order valence-corrected chi connectivity index (χ2v) is 17.3. The Balaban J connectivity index is 4.23. The van der Waals surface area contributed by atoms with Crippen LogP contribution in [0, 0.1) is 5.92 Å². The Kier molecular flexibility index (Phi) is 43.2. The number of hydrogen-bond donors (Lipinski definition) is 0. The van der Waals surface area contributed by atoms with Crippen LogP contribution in [0.4, 0.5) is 0 Å². The SMILES string of the molecule is CCCCCCCCCCCCCCCCCCCCC(=O)OC[C@H](COC(=O)CCCCCCCCC(C)CC)OC(=O)CCCCCCCCCCCC. The fourth-order valence-electron chi connectivity index (χ4n) is 7.48. The predicted molar refractivity (Wildman–Crippen MR) is 238 cm³/mol. The van der Waals surface area contributed by atoms with Gasteiger partial charge in [0.05, 0.1) is 0 Å². The Bertz CT molecular complexity index is 843. The Morgan fingerprint density at radius 1 is 0.357 bits per heavy atom. The van der Waals surface area contributed by atoms with Crippen molar-refractivity contribution in [2.24, 2.45) is 5.92 Å². The van der Waals surface area contributed by atoms with Crippen LogP contribution in [0.1, 0.15) is 278 Å². The fraction of sp³-hybridized carbons (Fsp3) is 0.940. The van der Waals surface area contributed by atoms with Gasteiger partial charge in [-0.3, -0.25) is 14.4 Å². The molecule has 6 heteroatoms. The molecule has 0 radical (unpaired) electrons. The lowest BCUT2D eigenvalue weighted by molar-refractivity contribution is -0.167. The van der Waals surface area contributed by atoms with Gasteiger partial charge in [0, 0.05) is 19.3 Å². The fourth-order valence-corrected chi connectivity index (χ4v) is 7.48. The van der Waals surface area contributed by atoms with Crippen molar-refractivity contribution in [1.29, 1.82) is 0 Å². The summed E-state index contributed by atoms with van der Waals surface area (Å²) < 4.78 is 16.7. The largest absolute Gasteiger partial charge is 0.462 e. The molecule has 6 nitrogen and oxygen atoms in total. The molecule has 0 aliphatic carbocycles. The van der Waals surface area contributed by atoms with Gasteiger partial charge in [0.1, 0.15) is 13.2 Å². The Morgan fingerprint density at radius 3 is 0.929 bits per heavy atom. The lowest BCUT2D eigenvalue weighted by atomic mass is 10.00. The van der Waals surface area contributed by atoms with Crippen molar-refractivity contribution >= 4 is 17.9 Å². The van der Waals surface area contributed by atoms with E-state index in [1.54, 1.807) is 0 Å². The van der Waals surface area contributed by atoms with E-state index in [0.717, 1.165) is 63.7 Å². The average Bonchev–Trinajstić information content (AvgIpc) is 3.19. The highest BCUT2D eigenvalue weighted by Gasteiger charge is 2.19. The second kappa shape index (κ2) is 44.5. The van der Waals surface area contributed by atoms with Gasteiger partial charge in [-0.1, -0.05) is 240 Å². The van der Waals surface area contributed by atoms with E-state index in [4.69, 9.17) is 14.2 Å². The molecule has 0 amide bonds. The standard InChI is InChI=1S/C50H96O6/c1-5-8-10-12-14-16-18-19-20-21-22-23-24-25-27-28-33-37-41-48(51)54-44-47(56-50(53)43-39-35-29-26-17-15-13-11-9-6-2)45-55-49(52)42-38-34-31-30-32-36-40-46(4)7-3/h46-47H,5-45H2,1-4H3/t46?,47-/m1/s1. The van der Waals surface area contributed by atoms with Crippen LogP contribution in [-0.2, 0) is 28.6 Å². The Labute approximate surface area is 348 Å². The average molecular weight is 793 g/mol. The van der Waals surface area contributed by atoms with Crippen molar-refractivity contribution in [3.05, 3.63) is 0 Å². The minimum absolute atomic E-state index is 0.0639. The van der Waals surface area contributed by atoms with E-state index in [1.165, 1.54) is 173 Å². The van der Waals surface area contributed by atoms with Crippen molar-refractivity contribution in [2.45, 2.75) is 284 Å². The molecule has 56 heavy (non-hydrogen) atoms. The molecule has 0 N–H and O–H groups in total. The van der Waals surface area contributed by atoms with E-state index < -0.39 is 6.10 Å². The van der Waals surface area contributed by atoms with Crippen LogP contribution in [-0.4, -0.2) is 37.2 Å². The highest BCUT2D eigenvalue weighted by Crippen LogP contribution is 2.17. The van der Waals surface area contributed by atoms with Crippen molar-refractivity contribution in [2.75, 3.05) is 13.2 Å². The molecule has 0 rings (SSSR count). The summed E-state index contributed by atoms with van der Waals surface area (Å²) in [6.45, 7) is 8.98. The van der Waals surface area contributed by atoms with Gasteiger partial charge in [-0.05, 0) is 25.2 Å². The molecule has 0 aromatic heterocycles. The summed E-state index contributed by atoms with van der Waals surface area (Å²) in [6.07, 6.45) is 45.2. The molecule has 0 aromatic rings. The number of rotatable bonds is 45. The number of carbonyl (C=O) groups is 3. The van der Waals surface area contributed by atoms with Gasteiger partial charge in [-0.25, -0.2) is 0 Å². The third-order valence-corrected chi connectivity index (χ3v) is 11.7. The summed E-state index contributed by atoms with van der Waals surface area (Å²) >= 11 is 0. The van der Waals surface area contributed by atoms with Crippen molar-refractivity contribution in [1.82, 2.24) is 0 Å². The number of carbonyl (C=O) groups excluding carboxylic acids is 3. The minimum Gasteiger partial charge on any atom is -0.462 e. The number of esters is 3. The quantitative estimate of drug-likeness (QED) is 0.0347. The van der Waals surface area contributed by atoms with Crippen LogP contribution in [0.15, 0.2) is 0 Å². The van der Waals surface area contributed by atoms with Gasteiger partial charge in [0.2, 0.25) is 0 Å². The zero-order valence-corrected chi connectivity index (χ0v) is 38.1. The molecule has 0 bridgehead atoms. The third kappa shape index (κ3) is 42.0. The van der Waals surface area contributed by atoms with Crippen molar-refractivity contribution < 1.29 is 28.6 Å². The maximum Gasteiger partial charge on any atom is 0.306 e. The van der Waals surface area contributed by atoms with Crippen LogP contribution in [0.25, 0.3) is 0 Å². The van der Waals surface area contributed by atoms with Crippen molar-refractivity contribution in [3.63, 3.8) is 0 Å². The van der Waals surface area contributed by atoms with Crippen LogP contribution >= 0.6 is 0 Å². The third-order valence-electron chi connectivity index (χ3n) is 11.7. The number of unbranched alkanes of at least 4 members (excludes halogenated alkanes) is 31. The van der Waals surface area contributed by atoms with E-state index >= 15 is 0 Å². The Morgan fingerprint density at radius 2 is 0.625 bits per heavy atom. The van der Waals surface area contributed by atoms with E-state index in [2.05, 4.69) is 27.7 Å². The molecule has 0 heterocycles. The molecule has 0 fully saturated rings. The second-order valence-electron chi connectivity index (χ2n) is 17.3. The highest BCUT2D eigenvalue weighted by molar-refractivity contribution is 5.71. The zero-order valence-electron chi connectivity index (χ0n) is 38.1. The molecular formula is C50H96O6. The van der Waals surface area contributed by atoms with E-state index in [9.17, 15) is 14.4 Å². The smallest absolute Gasteiger partial charge is 0.306 e. The maximum absolute atomic E-state index is 12.7. The molecule has 1 unspecified atom stereocenters. The maximum atomic E-state index is 12.7.